The predicted molar refractivity (Wildman–Crippen MR) is 119 cm³/mol. The van der Waals surface area contributed by atoms with Crippen LogP contribution in [-0.4, -0.2) is 52.7 Å². The van der Waals surface area contributed by atoms with Crippen molar-refractivity contribution in [1.29, 1.82) is 0 Å². The fourth-order valence-electron chi connectivity index (χ4n) is 1.98. The van der Waals surface area contributed by atoms with Gasteiger partial charge in [0.05, 0.1) is 25.5 Å². The number of aliphatic imine (C=N–C) groups is 1. The van der Waals surface area contributed by atoms with Crippen molar-refractivity contribution >= 4 is 39.8 Å². The highest BCUT2D eigenvalue weighted by Gasteiger charge is 2.02. The standard InChI is InChI=1S/C18H31N3O3S.HI/c1-4-5-10-19-18(20-11-12-24-13-14-25(3,22)23)21-15-17-8-6-16(2)7-9-17;/h6-9H,4-5,10-15H2,1-3H3,(H2,19,20,21);1H. The minimum Gasteiger partial charge on any atom is -0.379 e. The Morgan fingerprint density at radius 3 is 2.38 bits per heavy atom. The Morgan fingerprint density at radius 1 is 1.12 bits per heavy atom. The Kier molecular flexibility index (Phi) is 13.7. The molecule has 0 heterocycles. The number of halogens is 1. The zero-order valence-corrected chi connectivity index (χ0v) is 19.1. The van der Waals surface area contributed by atoms with Crippen LogP contribution in [0.25, 0.3) is 0 Å². The maximum atomic E-state index is 11.0. The highest BCUT2D eigenvalue weighted by atomic mass is 127. The third kappa shape index (κ3) is 13.3. The van der Waals surface area contributed by atoms with Gasteiger partial charge < -0.3 is 15.4 Å². The van der Waals surface area contributed by atoms with Crippen LogP contribution in [0, 0.1) is 6.92 Å². The number of unbranched alkanes of at least 4 members (excludes halogenated alkanes) is 1. The Morgan fingerprint density at radius 2 is 1.77 bits per heavy atom. The summed E-state index contributed by atoms with van der Waals surface area (Å²) >= 11 is 0. The van der Waals surface area contributed by atoms with E-state index < -0.39 is 9.84 Å². The second-order valence-corrected chi connectivity index (χ2v) is 8.36. The number of hydrogen-bond donors (Lipinski definition) is 2. The summed E-state index contributed by atoms with van der Waals surface area (Å²) in [6, 6.07) is 8.32. The molecule has 8 heteroatoms. The van der Waals surface area contributed by atoms with E-state index >= 15 is 0 Å². The molecule has 1 aromatic rings. The van der Waals surface area contributed by atoms with Crippen molar-refractivity contribution < 1.29 is 13.2 Å². The van der Waals surface area contributed by atoms with E-state index in [0.717, 1.165) is 30.9 Å². The molecule has 0 saturated heterocycles. The summed E-state index contributed by atoms with van der Waals surface area (Å²) in [7, 11) is -2.97. The van der Waals surface area contributed by atoms with E-state index in [-0.39, 0.29) is 36.3 Å². The molecule has 0 aliphatic heterocycles. The van der Waals surface area contributed by atoms with Gasteiger partial charge in [0.1, 0.15) is 9.84 Å². The number of sulfone groups is 1. The topological polar surface area (TPSA) is 79.8 Å². The molecule has 150 valence electrons. The average Bonchev–Trinajstić information content (AvgIpc) is 2.55. The van der Waals surface area contributed by atoms with Gasteiger partial charge in [-0.3, -0.25) is 0 Å². The number of ether oxygens (including phenoxy) is 1. The average molecular weight is 497 g/mol. The van der Waals surface area contributed by atoms with Crippen LogP contribution in [0.4, 0.5) is 0 Å². The van der Waals surface area contributed by atoms with Gasteiger partial charge in [-0.2, -0.15) is 0 Å². The monoisotopic (exact) mass is 497 g/mol. The summed E-state index contributed by atoms with van der Waals surface area (Å²) in [6.07, 6.45) is 3.41. The fourth-order valence-corrected chi connectivity index (χ4v) is 2.40. The lowest BCUT2D eigenvalue weighted by Crippen LogP contribution is -2.39. The van der Waals surface area contributed by atoms with Crippen molar-refractivity contribution in [3.63, 3.8) is 0 Å². The number of rotatable bonds is 11. The van der Waals surface area contributed by atoms with Crippen LogP contribution in [0.3, 0.4) is 0 Å². The fraction of sp³-hybridized carbons (Fsp3) is 0.611. The Hall–Kier alpha value is -0.870. The Balaban J connectivity index is 0.00000625. The predicted octanol–water partition coefficient (Wildman–Crippen LogP) is 2.51. The number of hydrogen-bond acceptors (Lipinski definition) is 4. The van der Waals surface area contributed by atoms with Crippen LogP contribution in [0.1, 0.15) is 30.9 Å². The van der Waals surface area contributed by atoms with Crippen molar-refractivity contribution in [3.05, 3.63) is 35.4 Å². The molecule has 0 fully saturated rings. The first kappa shape index (κ1) is 25.1. The molecule has 0 atom stereocenters. The molecule has 0 unspecified atom stereocenters. The third-order valence-electron chi connectivity index (χ3n) is 3.50. The molecule has 6 nitrogen and oxygen atoms in total. The largest absolute Gasteiger partial charge is 0.379 e. The molecular formula is C18H32IN3O3S. The molecule has 0 spiro atoms. The van der Waals surface area contributed by atoms with E-state index in [9.17, 15) is 8.42 Å². The summed E-state index contributed by atoms with van der Waals surface area (Å²) < 4.78 is 27.4. The van der Waals surface area contributed by atoms with Crippen molar-refractivity contribution in [3.8, 4) is 0 Å². The third-order valence-corrected chi connectivity index (χ3v) is 4.41. The van der Waals surface area contributed by atoms with E-state index in [2.05, 4.69) is 53.7 Å². The van der Waals surface area contributed by atoms with Crippen molar-refractivity contribution in [2.75, 3.05) is 38.3 Å². The lowest BCUT2D eigenvalue weighted by Gasteiger charge is -2.12. The summed E-state index contributed by atoms with van der Waals surface area (Å²) in [5.74, 6) is 0.802. The van der Waals surface area contributed by atoms with Gasteiger partial charge in [0, 0.05) is 19.3 Å². The summed E-state index contributed by atoms with van der Waals surface area (Å²) in [5, 5.41) is 6.53. The molecule has 0 radical (unpaired) electrons. The highest BCUT2D eigenvalue weighted by Crippen LogP contribution is 2.04. The lowest BCUT2D eigenvalue weighted by atomic mass is 10.1. The molecule has 0 bridgehead atoms. The first-order chi connectivity index (χ1) is 11.9. The van der Waals surface area contributed by atoms with Gasteiger partial charge in [0.25, 0.3) is 0 Å². The second-order valence-electron chi connectivity index (χ2n) is 6.10. The van der Waals surface area contributed by atoms with Gasteiger partial charge in [-0.05, 0) is 18.9 Å². The van der Waals surface area contributed by atoms with E-state index in [1.54, 1.807) is 0 Å². The molecule has 0 saturated carbocycles. The minimum atomic E-state index is -2.97. The first-order valence-electron chi connectivity index (χ1n) is 8.74. The zero-order valence-electron chi connectivity index (χ0n) is 16.0. The van der Waals surface area contributed by atoms with Crippen LogP contribution in [0.5, 0.6) is 0 Å². The van der Waals surface area contributed by atoms with Crippen molar-refractivity contribution in [2.24, 2.45) is 4.99 Å². The SMILES string of the molecule is CCCCNC(=NCc1ccc(C)cc1)NCCOCCS(C)(=O)=O.I. The molecule has 1 rings (SSSR count). The molecule has 1 aromatic carbocycles. The number of nitrogens with zero attached hydrogens (tertiary/aromatic N) is 1. The lowest BCUT2D eigenvalue weighted by molar-refractivity contribution is 0.154. The van der Waals surface area contributed by atoms with Crippen LogP contribution in [-0.2, 0) is 21.1 Å². The Bertz CT molecular complexity index is 619. The quantitative estimate of drug-likeness (QED) is 0.213. The molecule has 26 heavy (non-hydrogen) atoms. The van der Waals surface area contributed by atoms with Crippen LogP contribution >= 0.6 is 24.0 Å². The zero-order chi connectivity index (χ0) is 18.5. The van der Waals surface area contributed by atoms with E-state index in [1.807, 2.05) is 0 Å². The van der Waals surface area contributed by atoms with Gasteiger partial charge in [-0.15, -0.1) is 24.0 Å². The normalized spacial score (nSPS) is 11.7. The minimum absolute atomic E-state index is 0. The molecular weight excluding hydrogens is 465 g/mol. The number of benzene rings is 1. The summed E-state index contributed by atoms with van der Waals surface area (Å²) in [5.41, 5.74) is 2.39. The van der Waals surface area contributed by atoms with Crippen LogP contribution in [0.2, 0.25) is 0 Å². The molecule has 0 amide bonds. The van der Waals surface area contributed by atoms with Crippen LogP contribution < -0.4 is 10.6 Å². The van der Waals surface area contributed by atoms with Gasteiger partial charge >= 0.3 is 0 Å². The smallest absolute Gasteiger partial charge is 0.191 e. The first-order valence-corrected chi connectivity index (χ1v) is 10.8. The Labute approximate surface area is 175 Å². The van der Waals surface area contributed by atoms with E-state index in [4.69, 9.17) is 4.74 Å². The highest BCUT2D eigenvalue weighted by molar-refractivity contribution is 14.0. The van der Waals surface area contributed by atoms with E-state index in [0.29, 0.717) is 19.7 Å². The maximum Gasteiger partial charge on any atom is 0.191 e. The molecule has 0 aliphatic rings. The molecule has 2 N–H and O–H groups in total. The van der Waals surface area contributed by atoms with Gasteiger partial charge in [0.15, 0.2) is 5.96 Å². The summed E-state index contributed by atoms with van der Waals surface area (Å²) in [6.45, 7) is 6.93. The van der Waals surface area contributed by atoms with Crippen molar-refractivity contribution in [1.82, 2.24) is 10.6 Å². The number of guanidine groups is 1. The van der Waals surface area contributed by atoms with Gasteiger partial charge in [-0.1, -0.05) is 43.2 Å². The van der Waals surface area contributed by atoms with Gasteiger partial charge in [0.2, 0.25) is 0 Å². The van der Waals surface area contributed by atoms with Crippen molar-refractivity contribution in [2.45, 2.75) is 33.2 Å². The molecule has 0 aliphatic carbocycles. The summed E-state index contributed by atoms with van der Waals surface area (Å²) in [4.78, 5) is 4.60. The van der Waals surface area contributed by atoms with Crippen LogP contribution in [0.15, 0.2) is 29.3 Å². The van der Waals surface area contributed by atoms with E-state index in [1.165, 1.54) is 11.8 Å². The number of nitrogens with one attached hydrogen (secondary N) is 2. The maximum absolute atomic E-state index is 11.0. The second kappa shape index (κ2) is 14.2. The number of aryl methyl sites for hydroxylation is 1. The molecule has 0 aromatic heterocycles. The van der Waals surface area contributed by atoms with Gasteiger partial charge in [-0.25, -0.2) is 13.4 Å².